The molecule has 1 aliphatic heterocycles. The van der Waals surface area contributed by atoms with Crippen LogP contribution >= 0.6 is 0 Å². The molecule has 0 aliphatic carbocycles. The van der Waals surface area contributed by atoms with E-state index < -0.39 is 0 Å². The number of carbonyl (C=O) groups is 2. The molecule has 3 rings (SSSR count). The molecule has 0 bridgehead atoms. The minimum absolute atomic E-state index is 0.0473. The van der Waals surface area contributed by atoms with Gasteiger partial charge in [-0.05, 0) is 30.2 Å². The van der Waals surface area contributed by atoms with Gasteiger partial charge in [0.2, 0.25) is 0 Å². The van der Waals surface area contributed by atoms with Gasteiger partial charge in [0.1, 0.15) is 0 Å². The molecule has 2 aromatic heterocycles. The van der Waals surface area contributed by atoms with Crippen LogP contribution < -0.4 is 5.32 Å². The lowest BCUT2D eigenvalue weighted by molar-refractivity contribution is 0.0632. The molecule has 0 aromatic carbocycles. The van der Waals surface area contributed by atoms with Gasteiger partial charge in [0, 0.05) is 38.6 Å². The van der Waals surface area contributed by atoms with E-state index in [0.29, 0.717) is 31.9 Å². The quantitative estimate of drug-likeness (QED) is 0.848. The molecule has 0 radical (unpaired) electrons. The highest BCUT2D eigenvalue weighted by Crippen LogP contribution is 2.19. The number of amides is 3. The molecule has 144 valence electrons. The van der Waals surface area contributed by atoms with E-state index in [-0.39, 0.29) is 18.0 Å². The zero-order valence-corrected chi connectivity index (χ0v) is 15.6. The van der Waals surface area contributed by atoms with Crippen LogP contribution in [0.4, 0.5) is 4.79 Å². The number of pyridine rings is 1. The highest BCUT2D eigenvalue weighted by atomic mass is 16.3. The molecular weight excluding hydrogens is 344 g/mol. The fourth-order valence-electron chi connectivity index (χ4n) is 3.22. The smallest absolute Gasteiger partial charge is 0.318 e. The molecule has 27 heavy (non-hydrogen) atoms. The van der Waals surface area contributed by atoms with Crippen molar-refractivity contribution in [2.75, 3.05) is 26.2 Å². The Bertz CT molecular complexity index is 725. The van der Waals surface area contributed by atoms with Gasteiger partial charge in [-0.2, -0.15) is 0 Å². The summed E-state index contributed by atoms with van der Waals surface area (Å²) in [4.78, 5) is 32.7. The summed E-state index contributed by atoms with van der Waals surface area (Å²) >= 11 is 0. The van der Waals surface area contributed by atoms with E-state index in [9.17, 15) is 9.59 Å². The SMILES string of the molecule is CCCC[C@@H](NC(=O)N1CCN(C(=O)c2ccco2)CC1)c1cccnc1. The van der Waals surface area contributed by atoms with Crippen LogP contribution in [0.25, 0.3) is 0 Å². The Morgan fingerprint density at radius 3 is 2.59 bits per heavy atom. The average Bonchev–Trinajstić information content (AvgIpc) is 3.26. The molecule has 2 aromatic rings. The highest BCUT2D eigenvalue weighted by molar-refractivity contribution is 5.91. The zero-order valence-electron chi connectivity index (χ0n) is 15.6. The summed E-state index contributed by atoms with van der Waals surface area (Å²) in [5.74, 6) is 0.209. The first-order valence-corrected chi connectivity index (χ1v) is 9.47. The van der Waals surface area contributed by atoms with Crippen molar-refractivity contribution in [1.82, 2.24) is 20.1 Å². The number of carbonyl (C=O) groups excluding carboxylic acids is 2. The van der Waals surface area contributed by atoms with Gasteiger partial charge in [-0.25, -0.2) is 4.79 Å². The summed E-state index contributed by atoms with van der Waals surface area (Å²) in [5.41, 5.74) is 1.02. The van der Waals surface area contributed by atoms with Crippen molar-refractivity contribution in [3.05, 3.63) is 54.2 Å². The first-order chi connectivity index (χ1) is 13.2. The Hall–Kier alpha value is -2.83. The number of hydrogen-bond donors (Lipinski definition) is 1. The number of aromatic nitrogens is 1. The van der Waals surface area contributed by atoms with Crippen molar-refractivity contribution in [3.63, 3.8) is 0 Å². The molecular formula is C20H26N4O3. The third-order valence-corrected chi connectivity index (χ3v) is 4.82. The van der Waals surface area contributed by atoms with Crippen LogP contribution in [0.3, 0.4) is 0 Å². The van der Waals surface area contributed by atoms with E-state index in [4.69, 9.17) is 4.42 Å². The second-order valence-electron chi connectivity index (χ2n) is 6.69. The van der Waals surface area contributed by atoms with Crippen LogP contribution in [-0.2, 0) is 0 Å². The number of hydrogen-bond acceptors (Lipinski definition) is 4. The summed E-state index contributed by atoms with van der Waals surface area (Å²) in [6.07, 6.45) is 8.01. The number of urea groups is 1. The minimum Gasteiger partial charge on any atom is -0.459 e. The monoisotopic (exact) mass is 370 g/mol. The lowest BCUT2D eigenvalue weighted by atomic mass is 10.0. The number of unbranched alkanes of at least 4 members (excludes halogenated alkanes) is 1. The van der Waals surface area contributed by atoms with Gasteiger partial charge in [-0.1, -0.05) is 25.8 Å². The maximum atomic E-state index is 12.7. The van der Waals surface area contributed by atoms with Crippen LogP contribution in [-0.4, -0.2) is 52.9 Å². The minimum atomic E-state index is -0.128. The molecule has 3 heterocycles. The average molecular weight is 370 g/mol. The Labute approximate surface area is 159 Å². The zero-order chi connectivity index (χ0) is 19.1. The largest absolute Gasteiger partial charge is 0.459 e. The fourth-order valence-corrected chi connectivity index (χ4v) is 3.22. The van der Waals surface area contributed by atoms with E-state index in [1.54, 1.807) is 34.3 Å². The molecule has 7 heteroatoms. The van der Waals surface area contributed by atoms with Crippen molar-refractivity contribution < 1.29 is 14.0 Å². The fraction of sp³-hybridized carbons (Fsp3) is 0.450. The highest BCUT2D eigenvalue weighted by Gasteiger charge is 2.27. The molecule has 7 nitrogen and oxygen atoms in total. The molecule has 0 unspecified atom stereocenters. The predicted octanol–water partition coefficient (Wildman–Crippen LogP) is 3.07. The summed E-state index contributed by atoms with van der Waals surface area (Å²) in [6.45, 7) is 4.15. The van der Waals surface area contributed by atoms with E-state index in [0.717, 1.165) is 24.8 Å². The van der Waals surface area contributed by atoms with Crippen molar-refractivity contribution >= 4 is 11.9 Å². The van der Waals surface area contributed by atoms with E-state index in [1.807, 2.05) is 12.1 Å². The van der Waals surface area contributed by atoms with Gasteiger partial charge in [-0.15, -0.1) is 0 Å². The third-order valence-electron chi connectivity index (χ3n) is 4.82. The van der Waals surface area contributed by atoms with Crippen molar-refractivity contribution in [2.45, 2.75) is 32.2 Å². The lowest BCUT2D eigenvalue weighted by Crippen LogP contribution is -2.53. The third kappa shape index (κ3) is 4.87. The normalized spacial score (nSPS) is 15.4. The molecule has 3 amide bonds. The van der Waals surface area contributed by atoms with Crippen LogP contribution in [0, 0.1) is 0 Å². The second kappa shape index (κ2) is 9.21. The second-order valence-corrected chi connectivity index (χ2v) is 6.69. The molecule has 1 saturated heterocycles. The van der Waals surface area contributed by atoms with Gasteiger partial charge >= 0.3 is 6.03 Å². The van der Waals surface area contributed by atoms with Crippen LogP contribution in [0.1, 0.15) is 48.3 Å². The van der Waals surface area contributed by atoms with Crippen molar-refractivity contribution in [1.29, 1.82) is 0 Å². The maximum Gasteiger partial charge on any atom is 0.318 e. The Morgan fingerprint density at radius 1 is 1.19 bits per heavy atom. The first kappa shape index (κ1) is 18.9. The van der Waals surface area contributed by atoms with Crippen molar-refractivity contribution in [2.24, 2.45) is 0 Å². The Morgan fingerprint density at radius 2 is 1.96 bits per heavy atom. The molecule has 1 N–H and O–H groups in total. The van der Waals surface area contributed by atoms with Crippen LogP contribution in [0.5, 0.6) is 0 Å². The summed E-state index contributed by atoms with van der Waals surface area (Å²) in [7, 11) is 0. The van der Waals surface area contributed by atoms with Crippen molar-refractivity contribution in [3.8, 4) is 0 Å². The molecule has 1 aliphatic rings. The number of nitrogens with one attached hydrogen (secondary N) is 1. The van der Waals surface area contributed by atoms with Gasteiger partial charge in [0.15, 0.2) is 5.76 Å². The molecule has 1 atom stereocenters. The summed E-state index contributed by atoms with van der Waals surface area (Å²) in [6, 6.07) is 7.10. The van der Waals surface area contributed by atoms with Gasteiger partial charge in [0.05, 0.1) is 12.3 Å². The van der Waals surface area contributed by atoms with Crippen LogP contribution in [0.2, 0.25) is 0 Å². The lowest BCUT2D eigenvalue weighted by Gasteiger charge is -2.35. The van der Waals surface area contributed by atoms with Gasteiger partial charge in [0.25, 0.3) is 5.91 Å². The predicted molar refractivity (Wildman–Crippen MR) is 101 cm³/mol. The molecule has 0 spiro atoms. The topological polar surface area (TPSA) is 78.7 Å². The summed E-state index contributed by atoms with van der Waals surface area (Å²) in [5, 5.41) is 3.13. The van der Waals surface area contributed by atoms with E-state index in [2.05, 4.69) is 17.2 Å². The van der Waals surface area contributed by atoms with E-state index in [1.165, 1.54) is 6.26 Å². The van der Waals surface area contributed by atoms with Gasteiger partial charge in [-0.3, -0.25) is 9.78 Å². The number of furan rings is 1. The standard InChI is InChI=1S/C20H26N4O3/c1-2-3-7-17(16-6-4-9-21-15-16)22-20(26)24-12-10-23(11-13-24)19(25)18-8-5-14-27-18/h4-6,8-9,14-15,17H,2-3,7,10-13H2,1H3,(H,22,26)/t17-/m1/s1. The summed E-state index contributed by atoms with van der Waals surface area (Å²) < 4.78 is 5.17. The first-order valence-electron chi connectivity index (χ1n) is 9.47. The van der Waals surface area contributed by atoms with E-state index >= 15 is 0 Å². The van der Waals surface area contributed by atoms with Gasteiger partial charge < -0.3 is 19.5 Å². The molecule has 1 fully saturated rings. The number of rotatable bonds is 6. The Kier molecular flexibility index (Phi) is 6.46. The molecule has 0 saturated carbocycles. The number of nitrogens with zero attached hydrogens (tertiary/aromatic N) is 3. The Balaban J connectivity index is 1.55. The van der Waals surface area contributed by atoms with Crippen LogP contribution in [0.15, 0.2) is 47.3 Å². The number of piperazine rings is 1. The maximum absolute atomic E-state index is 12.7.